The van der Waals surface area contributed by atoms with Crippen molar-refractivity contribution in [1.82, 2.24) is 0 Å². The average Bonchev–Trinajstić information content (AvgIpc) is 2.29. The second-order valence-corrected chi connectivity index (χ2v) is 4.21. The maximum atomic E-state index is 13.3. The van der Waals surface area contributed by atoms with E-state index in [0.29, 0.717) is 4.47 Å². The van der Waals surface area contributed by atoms with Gasteiger partial charge in [0.2, 0.25) is 5.82 Å². The van der Waals surface area contributed by atoms with E-state index >= 15 is 0 Å². The molecule has 0 amide bonds. The summed E-state index contributed by atoms with van der Waals surface area (Å²) in [5.74, 6) is -3.85. The predicted octanol–water partition coefficient (Wildman–Crippen LogP) is 2.60. The molecule has 1 atom stereocenters. The topological polar surface area (TPSA) is 55.8 Å². The summed E-state index contributed by atoms with van der Waals surface area (Å²) in [6, 6.07) is 2.16. The van der Waals surface area contributed by atoms with Gasteiger partial charge in [0.15, 0.2) is 17.7 Å². The van der Waals surface area contributed by atoms with E-state index in [2.05, 4.69) is 15.9 Å². The van der Waals surface area contributed by atoms with E-state index in [-0.39, 0.29) is 12.4 Å². The van der Waals surface area contributed by atoms with E-state index in [1.54, 1.807) is 6.92 Å². The number of carbonyl (C=O) groups is 1. The predicted molar refractivity (Wildman–Crippen MR) is 62.6 cm³/mol. The Morgan fingerprint density at radius 1 is 1.50 bits per heavy atom. The standard InChI is InChI=1S/C11H11BrF2O4/c1-2-17-9(11(15)16)5-18-8-4-6(12)3-7(13)10(8)14/h3-4,9H,2,5H2,1H3,(H,15,16). The molecule has 0 aliphatic heterocycles. The molecular formula is C11H11BrF2O4. The third kappa shape index (κ3) is 3.92. The van der Waals surface area contributed by atoms with E-state index < -0.39 is 30.3 Å². The van der Waals surface area contributed by atoms with Crippen LogP contribution in [0.15, 0.2) is 16.6 Å². The molecule has 0 aliphatic rings. The average molecular weight is 325 g/mol. The van der Waals surface area contributed by atoms with E-state index in [4.69, 9.17) is 14.6 Å². The van der Waals surface area contributed by atoms with Gasteiger partial charge in [-0.2, -0.15) is 4.39 Å². The van der Waals surface area contributed by atoms with Gasteiger partial charge in [0.1, 0.15) is 6.61 Å². The van der Waals surface area contributed by atoms with E-state index in [1.165, 1.54) is 6.07 Å². The lowest BCUT2D eigenvalue weighted by atomic mass is 10.3. The Kier molecular flexibility index (Phi) is 5.49. The minimum absolute atomic E-state index is 0.176. The van der Waals surface area contributed by atoms with Gasteiger partial charge in [-0.05, 0) is 19.1 Å². The highest BCUT2D eigenvalue weighted by molar-refractivity contribution is 9.10. The Morgan fingerprint density at radius 2 is 2.17 bits per heavy atom. The van der Waals surface area contributed by atoms with Crippen molar-refractivity contribution in [2.24, 2.45) is 0 Å². The maximum Gasteiger partial charge on any atom is 0.336 e. The number of carboxylic acids is 1. The molecule has 0 aliphatic carbocycles. The molecule has 0 fully saturated rings. The zero-order valence-electron chi connectivity index (χ0n) is 9.45. The van der Waals surface area contributed by atoms with Crippen LogP contribution in [-0.4, -0.2) is 30.4 Å². The number of benzene rings is 1. The third-order valence-corrected chi connectivity index (χ3v) is 2.45. The van der Waals surface area contributed by atoms with Crippen LogP contribution in [0, 0.1) is 11.6 Å². The SMILES string of the molecule is CCOC(COc1cc(Br)cc(F)c1F)C(=O)O. The van der Waals surface area contributed by atoms with Crippen LogP contribution in [0.4, 0.5) is 8.78 Å². The van der Waals surface area contributed by atoms with Gasteiger partial charge in [0.25, 0.3) is 0 Å². The summed E-state index contributed by atoms with van der Waals surface area (Å²) in [5.41, 5.74) is 0. The van der Waals surface area contributed by atoms with E-state index in [0.717, 1.165) is 6.07 Å². The largest absolute Gasteiger partial charge is 0.487 e. The van der Waals surface area contributed by atoms with Crippen molar-refractivity contribution >= 4 is 21.9 Å². The number of ether oxygens (including phenoxy) is 2. The molecule has 7 heteroatoms. The fraction of sp³-hybridized carbons (Fsp3) is 0.364. The highest BCUT2D eigenvalue weighted by atomic mass is 79.9. The van der Waals surface area contributed by atoms with Crippen molar-refractivity contribution in [3.05, 3.63) is 28.2 Å². The number of hydrogen-bond acceptors (Lipinski definition) is 3. The first-order chi connectivity index (χ1) is 8.45. The molecule has 1 N–H and O–H groups in total. The van der Waals surface area contributed by atoms with Crippen LogP contribution in [0.1, 0.15) is 6.92 Å². The van der Waals surface area contributed by atoms with Crippen molar-refractivity contribution in [3.63, 3.8) is 0 Å². The molecule has 0 saturated heterocycles. The molecule has 1 unspecified atom stereocenters. The number of aliphatic carboxylic acids is 1. The first-order valence-corrected chi connectivity index (χ1v) is 5.86. The molecule has 18 heavy (non-hydrogen) atoms. The van der Waals surface area contributed by atoms with Crippen LogP contribution in [0.3, 0.4) is 0 Å². The fourth-order valence-corrected chi connectivity index (χ4v) is 1.60. The first-order valence-electron chi connectivity index (χ1n) is 5.07. The number of carboxylic acid groups (broad SMARTS) is 1. The summed E-state index contributed by atoms with van der Waals surface area (Å²) in [7, 11) is 0. The van der Waals surface area contributed by atoms with Gasteiger partial charge >= 0.3 is 5.97 Å². The number of hydrogen-bond donors (Lipinski definition) is 1. The zero-order valence-corrected chi connectivity index (χ0v) is 11.0. The first kappa shape index (κ1) is 14.8. The van der Waals surface area contributed by atoms with Gasteiger partial charge in [-0.15, -0.1) is 0 Å². The second kappa shape index (κ2) is 6.65. The molecule has 100 valence electrons. The lowest BCUT2D eigenvalue weighted by molar-refractivity contribution is -0.152. The Bertz CT molecular complexity index is 439. The number of rotatable bonds is 6. The summed E-state index contributed by atoms with van der Waals surface area (Å²) >= 11 is 2.98. The Morgan fingerprint density at radius 3 is 2.72 bits per heavy atom. The molecule has 1 aromatic rings. The van der Waals surface area contributed by atoms with Gasteiger partial charge in [0, 0.05) is 11.1 Å². The van der Waals surface area contributed by atoms with Crippen molar-refractivity contribution < 1.29 is 28.2 Å². The molecule has 0 aromatic heterocycles. The van der Waals surface area contributed by atoms with Crippen molar-refractivity contribution in [3.8, 4) is 5.75 Å². The quantitative estimate of drug-likeness (QED) is 0.817. The van der Waals surface area contributed by atoms with Crippen LogP contribution in [0.5, 0.6) is 5.75 Å². The summed E-state index contributed by atoms with van der Waals surface area (Å²) < 4.78 is 36.4. The highest BCUT2D eigenvalue weighted by Gasteiger charge is 2.20. The molecule has 4 nitrogen and oxygen atoms in total. The van der Waals surface area contributed by atoms with Crippen molar-refractivity contribution in [1.29, 1.82) is 0 Å². The normalized spacial score (nSPS) is 12.2. The van der Waals surface area contributed by atoms with Crippen molar-refractivity contribution in [2.45, 2.75) is 13.0 Å². The molecule has 0 saturated carbocycles. The molecule has 0 bridgehead atoms. The molecule has 1 rings (SSSR count). The van der Waals surface area contributed by atoms with Crippen LogP contribution in [0.2, 0.25) is 0 Å². The minimum atomic E-state index is -1.23. The Hall–Kier alpha value is -1.21. The number of halogens is 3. The highest BCUT2D eigenvalue weighted by Crippen LogP contribution is 2.25. The van der Waals surface area contributed by atoms with Crippen LogP contribution < -0.4 is 4.74 Å². The van der Waals surface area contributed by atoms with Gasteiger partial charge < -0.3 is 14.6 Å². The lowest BCUT2D eigenvalue weighted by Crippen LogP contribution is -2.30. The van der Waals surface area contributed by atoms with E-state index in [9.17, 15) is 13.6 Å². The second-order valence-electron chi connectivity index (χ2n) is 3.29. The van der Waals surface area contributed by atoms with Crippen LogP contribution in [-0.2, 0) is 9.53 Å². The van der Waals surface area contributed by atoms with Gasteiger partial charge in [-0.1, -0.05) is 15.9 Å². The monoisotopic (exact) mass is 324 g/mol. The van der Waals surface area contributed by atoms with Crippen molar-refractivity contribution in [2.75, 3.05) is 13.2 Å². The molecule has 0 radical (unpaired) electrons. The molecular weight excluding hydrogens is 314 g/mol. The maximum absolute atomic E-state index is 13.3. The Labute approximate surface area is 111 Å². The van der Waals surface area contributed by atoms with Gasteiger partial charge in [0.05, 0.1) is 0 Å². The molecule has 1 aromatic carbocycles. The minimum Gasteiger partial charge on any atom is -0.487 e. The lowest BCUT2D eigenvalue weighted by Gasteiger charge is -2.14. The van der Waals surface area contributed by atoms with Gasteiger partial charge in [-0.3, -0.25) is 0 Å². The Balaban J connectivity index is 2.76. The fourth-order valence-electron chi connectivity index (χ4n) is 1.19. The summed E-state index contributed by atoms with van der Waals surface area (Å²) in [4.78, 5) is 10.7. The van der Waals surface area contributed by atoms with Crippen LogP contribution in [0.25, 0.3) is 0 Å². The molecule has 0 heterocycles. The van der Waals surface area contributed by atoms with E-state index in [1.807, 2.05) is 0 Å². The third-order valence-electron chi connectivity index (χ3n) is 1.99. The van der Waals surface area contributed by atoms with Gasteiger partial charge in [-0.25, -0.2) is 9.18 Å². The summed E-state index contributed by atoms with van der Waals surface area (Å²) in [6.45, 7) is 1.39. The summed E-state index contributed by atoms with van der Waals surface area (Å²) in [5, 5.41) is 8.78. The van der Waals surface area contributed by atoms with Crippen LogP contribution >= 0.6 is 15.9 Å². The smallest absolute Gasteiger partial charge is 0.336 e. The summed E-state index contributed by atoms with van der Waals surface area (Å²) in [6.07, 6.45) is -1.23. The molecule has 0 spiro atoms. The zero-order chi connectivity index (χ0) is 13.7.